The second kappa shape index (κ2) is 5.07. The number of H-pyrrole nitrogens is 1. The molecule has 1 aliphatic heterocycles. The summed E-state index contributed by atoms with van der Waals surface area (Å²) in [5, 5.41) is 6.33. The Bertz CT molecular complexity index is 511. The van der Waals surface area contributed by atoms with Crippen LogP contribution in [-0.4, -0.2) is 66.2 Å². The number of aromatic amines is 1. The maximum Gasteiger partial charge on any atom is 0.257 e. The van der Waals surface area contributed by atoms with Crippen LogP contribution in [0.15, 0.2) is 12.4 Å². The Morgan fingerprint density at radius 1 is 1.33 bits per heavy atom. The van der Waals surface area contributed by atoms with E-state index in [2.05, 4.69) is 10.2 Å². The van der Waals surface area contributed by atoms with Gasteiger partial charge in [-0.15, -0.1) is 0 Å². The van der Waals surface area contributed by atoms with Crippen LogP contribution >= 0.6 is 0 Å². The molecular weight excluding hydrogens is 256 g/mol. The lowest BCUT2D eigenvalue weighted by Crippen LogP contribution is -2.36. The van der Waals surface area contributed by atoms with Crippen molar-refractivity contribution in [3.8, 4) is 0 Å². The fourth-order valence-electron chi connectivity index (χ4n) is 1.98. The number of nitrogens with one attached hydrogen (secondary N) is 1. The molecule has 0 aliphatic carbocycles. The number of carbonyl (C=O) groups excluding carboxylic acids is 1. The molecule has 1 aliphatic rings. The topological polar surface area (TPSA) is 86.4 Å². The molecule has 0 unspecified atom stereocenters. The molecule has 1 fully saturated rings. The zero-order valence-corrected chi connectivity index (χ0v) is 11.0. The van der Waals surface area contributed by atoms with E-state index >= 15 is 0 Å². The summed E-state index contributed by atoms with van der Waals surface area (Å²) in [6, 6.07) is 0. The highest BCUT2D eigenvalue weighted by molar-refractivity contribution is 7.88. The van der Waals surface area contributed by atoms with Crippen molar-refractivity contribution in [2.24, 2.45) is 0 Å². The summed E-state index contributed by atoms with van der Waals surface area (Å²) < 4.78 is 24.3. The molecule has 1 saturated heterocycles. The van der Waals surface area contributed by atoms with E-state index in [1.165, 1.54) is 16.8 Å². The first kappa shape index (κ1) is 13.0. The lowest BCUT2D eigenvalue weighted by atomic mass is 10.3. The highest BCUT2D eigenvalue weighted by atomic mass is 32.2. The van der Waals surface area contributed by atoms with Crippen molar-refractivity contribution in [1.82, 2.24) is 19.4 Å². The Labute approximate surface area is 106 Å². The van der Waals surface area contributed by atoms with E-state index in [4.69, 9.17) is 0 Å². The molecule has 0 radical (unpaired) electrons. The second-order valence-electron chi connectivity index (χ2n) is 4.29. The first-order valence-corrected chi connectivity index (χ1v) is 7.56. The number of hydrogen-bond acceptors (Lipinski definition) is 4. The van der Waals surface area contributed by atoms with Crippen molar-refractivity contribution >= 4 is 15.9 Å². The molecule has 0 aromatic carbocycles. The summed E-state index contributed by atoms with van der Waals surface area (Å²) in [5.74, 6) is -0.112. The third-order valence-corrected chi connectivity index (χ3v) is 4.26. The minimum absolute atomic E-state index is 0.112. The van der Waals surface area contributed by atoms with Crippen molar-refractivity contribution in [3.63, 3.8) is 0 Å². The molecule has 1 aromatic heterocycles. The van der Waals surface area contributed by atoms with Gasteiger partial charge >= 0.3 is 0 Å². The van der Waals surface area contributed by atoms with Crippen molar-refractivity contribution in [3.05, 3.63) is 18.0 Å². The number of aromatic nitrogens is 2. The quantitative estimate of drug-likeness (QED) is 0.787. The van der Waals surface area contributed by atoms with E-state index in [9.17, 15) is 13.2 Å². The Balaban J connectivity index is 2.04. The molecule has 0 saturated carbocycles. The molecule has 0 bridgehead atoms. The van der Waals surface area contributed by atoms with Crippen LogP contribution in [-0.2, 0) is 10.0 Å². The van der Waals surface area contributed by atoms with Crippen LogP contribution in [0.5, 0.6) is 0 Å². The standard InChI is InChI=1S/C10H16N4O3S/c1-18(16,17)14-4-2-3-13(5-6-14)10(15)9-7-11-12-8-9/h7-8H,2-6H2,1H3,(H,11,12). The normalized spacial score (nSPS) is 18.6. The van der Waals surface area contributed by atoms with Gasteiger partial charge in [0.2, 0.25) is 10.0 Å². The van der Waals surface area contributed by atoms with Crippen molar-refractivity contribution in [1.29, 1.82) is 0 Å². The monoisotopic (exact) mass is 272 g/mol. The van der Waals surface area contributed by atoms with Gasteiger partial charge in [0.15, 0.2) is 0 Å². The maximum absolute atomic E-state index is 12.1. The van der Waals surface area contributed by atoms with E-state index in [1.807, 2.05) is 0 Å². The smallest absolute Gasteiger partial charge is 0.257 e. The summed E-state index contributed by atoms with van der Waals surface area (Å²) in [5.41, 5.74) is 0.503. The van der Waals surface area contributed by atoms with E-state index in [0.717, 1.165) is 0 Å². The minimum atomic E-state index is -3.18. The van der Waals surface area contributed by atoms with Crippen LogP contribution in [0.3, 0.4) is 0 Å². The summed E-state index contributed by atoms with van der Waals surface area (Å²) >= 11 is 0. The highest BCUT2D eigenvalue weighted by Crippen LogP contribution is 2.10. The van der Waals surface area contributed by atoms with Gasteiger partial charge in [-0.3, -0.25) is 9.89 Å². The molecule has 1 amide bonds. The summed E-state index contributed by atoms with van der Waals surface area (Å²) in [4.78, 5) is 13.7. The zero-order chi connectivity index (χ0) is 13.2. The van der Waals surface area contributed by atoms with Gasteiger partial charge in [0.25, 0.3) is 5.91 Å². The molecule has 7 nitrogen and oxygen atoms in total. The van der Waals surface area contributed by atoms with Crippen molar-refractivity contribution in [2.45, 2.75) is 6.42 Å². The van der Waals surface area contributed by atoms with Gasteiger partial charge in [-0.25, -0.2) is 12.7 Å². The van der Waals surface area contributed by atoms with Gasteiger partial charge < -0.3 is 4.90 Å². The fourth-order valence-corrected chi connectivity index (χ4v) is 2.85. The Morgan fingerprint density at radius 3 is 2.72 bits per heavy atom. The highest BCUT2D eigenvalue weighted by Gasteiger charge is 2.24. The van der Waals surface area contributed by atoms with Gasteiger partial charge in [-0.05, 0) is 6.42 Å². The molecule has 0 spiro atoms. The molecule has 8 heteroatoms. The summed E-state index contributed by atoms with van der Waals surface area (Å²) in [6.45, 7) is 1.80. The predicted molar refractivity (Wildman–Crippen MR) is 65.5 cm³/mol. The summed E-state index contributed by atoms with van der Waals surface area (Å²) in [6.07, 6.45) is 4.86. The van der Waals surface area contributed by atoms with E-state index in [-0.39, 0.29) is 5.91 Å². The number of hydrogen-bond donors (Lipinski definition) is 1. The number of sulfonamides is 1. The van der Waals surface area contributed by atoms with E-state index < -0.39 is 10.0 Å². The third kappa shape index (κ3) is 2.88. The van der Waals surface area contributed by atoms with E-state index in [1.54, 1.807) is 11.1 Å². The van der Waals surface area contributed by atoms with Crippen molar-refractivity contribution < 1.29 is 13.2 Å². The van der Waals surface area contributed by atoms with E-state index in [0.29, 0.717) is 38.2 Å². The Hall–Kier alpha value is -1.41. The first-order chi connectivity index (χ1) is 8.48. The average molecular weight is 272 g/mol. The number of rotatable bonds is 2. The average Bonchev–Trinajstić information content (AvgIpc) is 2.70. The predicted octanol–water partition coefficient (Wildman–Crippen LogP) is -0.483. The van der Waals surface area contributed by atoms with Gasteiger partial charge in [-0.1, -0.05) is 0 Å². The molecule has 1 aromatic rings. The van der Waals surface area contributed by atoms with Gasteiger partial charge in [0.1, 0.15) is 0 Å². The molecule has 2 heterocycles. The van der Waals surface area contributed by atoms with Crippen LogP contribution < -0.4 is 0 Å². The number of carbonyl (C=O) groups is 1. The lowest BCUT2D eigenvalue weighted by molar-refractivity contribution is 0.0764. The first-order valence-electron chi connectivity index (χ1n) is 5.71. The number of amides is 1. The minimum Gasteiger partial charge on any atom is -0.337 e. The van der Waals surface area contributed by atoms with Gasteiger partial charge in [0.05, 0.1) is 18.0 Å². The molecular formula is C10H16N4O3S. The molecule has 18 heavy (non-hydrogen) atoms. The largest absolute Gasteiger partial charge is 0.337 e. The van der Waals surface area contributed by atoms with Crippen LogP contribution in [0.1, 0.15) is 16.8 Å². The SMILES string of the molecule is CS(=O)(=O)N1CCCN(C(=O)c2cn[nH]c2)CC1. The van der Waals surface area contributed by atoms with Crippen LogP contribution in [0.2, 0.25) is 0 Å². The van der Waals surface area contributed by atoms with Crippen LogP contribution in [0.25, 0.3) is 0 Å². The number of nitrogens with zero attached hydrogens (tertiary/aromatic N) is 3. The van der Waals surface area contributed by atoms with Crippen LogP contribution in [0, 0.1) is 0 Å². The zero-order valence-electron chi connectivity index (χ0n) is 10.2. The molecule has 0 atom stereocenters. The van der Waals surface area contributed by atoms with Crippen LogP contribution in [0.4, 0.5) is 0 Å². The van der Waals surface area contributed by atoms with Crippen molar-refractivity contribution in [2.75, 3.05) is 32.4 Å². The molecule has 1 N–H and O–H groups in total. The maximum atomic E-state index is 12.1. The molecule has 2 rings (SSSR count). The Morgan fingerprint density at radius 2 is 2.11 bits per heavy atom. The second-order valence-corrected chi connectivity index (χ2v) is 6.28. The van der Waals surface area contributed by atoms with Gasteiger partial charge in [0, 0.05) is 32.4 Å². The summed E-state index contributed by atoms with van der Waals surface area (Å²) in [7, 11) is -3.18. The Kier molecular flexibility index (Phi) is 3.67. The molecule has 100 valence electrons. The van der Waals surface area contributed by atoms with Gasteiger partial charge in [-0.2, -0.15) is 5.10 Å². The lowest BCUT2D eigenvalue weighted by Gasteiger charge is -2.20. The fraction of sp³-hybridized carbons (Fsp3) is 0.600. The third-order valence-electron chi connectivity index (χ3n) is 2.96.